The van der Waals surface area contributed by atoms with Gasteiger partial charge in [-0.3, -0.25) is 4.79 Å². The van der Waals surface area contributed by atoms with E-state index in [9.17, 15) is 4.79 Å². The van der Waals surface area contributed by atoms with Gasteiger partial charge >= 0.3 is 5.97 Å². The molecule has 0 aliphatic heterocycles. The number of hydrogen-bond donors (Lipinski definition) is 0. The Labute approximate surface area is 369 Å². The van der Waals surface area contributed by atoms with E-state index in [1.807, 2.05) is 35.0 Å². The summed E-state index contributed by atoms with van der Waals surface area (Å²) in [4.78, 5) is 13.3. The van der Waals surface area contributed by atoms with Crippen molar-refractivity contribution >= 4 is 26.0 Å². The highest BCUT2D eigenvalue weighted by atomic mass is 32.2. The summed E-state index contributed by atoms with van der Waals surface area (Å²) < 4.78 is 14.3. The van der Waals surface area contributed by atoms with Crippen LogP contribution in [-0.2, 0) is 14.0 Å². The van der Waals surface area contributed by atoms with Gasteiger partial charge in [-0.15, -0.1) is 5.10 Å². The summed E-state index contributed by atoms with van der Waals surface area (Å²) in [6.45, 7) is 13.9. The van der Waals surface area contributed by atoms with Crippen molar-refractivity contribution in [2.45, 2.75) is 256 Å². The molecule has 0 N–H and O–H groups in total. The van der Waals surface area contributed by atoms with Crippen LogP contribution >= 0.6 is 11.8 Å². The molecule has 0 saturated carbocycles. The van der Waals surface area contributed by atoms with Crippen molar-refractivity contribution in [3.05, 3.63) is 30.3 Å². The van der Waals surface area contributed by atoms with E-state index >= 15 is 0 Å². The lowest BCUT2D eigenvalue weighted by Crippen LogP contribution is -2.47. The molecule has 2 rings (SSSR count). The topological polar surface area (TPSA) is 79.1 Å². The summed E-state index contributed by atoms with van der Waals surface area (Å²) in [5, 5.41) is 13.2. The van der Waals surface area contributed by atoms with Crippen LogP contribution in [0.25, 0.3) is 5.69 Å². The second-order valence-electron chi connectivity index (χ2n) is 19.1. The Kier molecular flexibility index (Phi) is 30.7. The molecule has 1 aromatic carbocycles. The first-order valence-corrected chi connectivity index (χ1v) is 28.7. The molecule has 7 nitrogen and oxygen atoms in total. The van der Waals surface area contributed by atoms with Crippen molar-refractivity contribution in [1.82, 2.24) is 20.2 Å². The Morgan fingerprint density at radius 1 is 0.644 bits per heavy atom. The number of carbonyl (C=O) groups excluding carboxylic acids is 1. The van der Waals surface area contributed by atoms with Crippen molar-refractivity contribution in [3.63, 3.8) is 0 Å². The molecule has 2 atom stereocenters. The van der Waals surface area contributed by atoms with Gasteiger partial charge in [-0.1, -0.05) is 237 Å². The number of thioether (sulfide) groups is 1. The molecule has 1 unspecified atom stereocenters. The molecule has 0 bridgehead atoms. The Bertz CT molecular complexity index is 1270. The highest BCUT2D eigenvalue weighted by Gasteiger charge is 2.42. The Balaban J connectivity index is 1.58. The van der Waals surface area contributed by atoms with Gasteiger partial charge in [0.1, 0.15) is 0 Å². The third kappa shape index (κ3) is 25.1. The second-order valence-corrected chi connectivity index (χ2v) is 24.9. The van der Waals surface area contributed by atoms with E-state index in [2.05, 4.69) is 56.3 Å². The van der Waals surface area contributed by atoms with Crippen LogP contribution in [0.2, 0.25) is 18.1 Å². The van der Waals surface area contributed by atoms with Gasteiger partial charge in [0.25, 0.3) is 0 Å². The van der Waals surface area contributed by atoms with Crippen LogP contribution in [0.1, 0.15) is 227 Å². The molecule has 0 aliphatic carbocycles. The van der Waals surface area contributed by atoms with Gasteiger partial charge < -0.3 is 9.16 Å². The van der Waals surface area contributed by atoms with Gasteiger partial charge in [-0.2, -0.15) is 4.68 Å². The average Bonchev–Trinajstić information content (AvgIpc) is 3.69. The largest absolute Gasteiger partial charge is 0.469 e. The van der Waals surface area contributed by atoms with Gasteiger partial charge in [-0.05, 0) is 60.0 Å². The fraction of sp³-hybridized carbons (Fsp3) is 0.840. The number of methoxy groups -OCH3 is 1. The van der Waals surface area contributed by atoms with E-state index in [0.29, 0.717) is 0 Å². The van der Waals surface area contributed by atoms with E-state index in [-0.39, 0.29) is 23.0 Å². The second kappa shape index (κ2) is 33.9. The smallest absolute Gasteiger partial charge is 0.311 e. The SMILES string of the molecule is CCCCCCCCCCCCCCCCCCCCCCCCC(C(=O)OC)[C@@H](CCCCCCCCCSc1nnnn1-c1ccccc1)O[Si](C)(C)C(C)(C)C. The molecule has 1 aromatic heterocycles. The van der Waals surface area contributed by atoms with E-state index in [1.165, 1.54) is 167 Å². The fourth-order valence-electron chi connectivity index (χ4n) is 7.97. The summed E-state index contributed by atoms with van der Waals surface area (Å²) in [6.07, 6.45) is 40.7. The van der Waals surface area contributed by atoms with Crippen LogP contribution in [0.15, 0.2) is 35.5 Å². The fourth-order valence-corrected chi connectivity index (χ4v) is 10.3. The van der Waals surface area contributed by atoms with Crippen molar-refractivity contribution in [2.75, 3.05) is 12.9 Å². The monoisotopic (exact) mass is 857 g/mol. The molecule has 1 heterocycles. The molecule has 2 aromatic rings. The number of hydrogen-bond acceptors (Lipinski definition) is 7. The molecule has 59 heavy (non-hydrogen) atoms. The number of benzene rings is 1. The summed E-state index contributed by atoms with van der Waals surface area (Å²) in [5.41, 5.74) is 0.996. The zero-order chi connectivity index (χ0) is 42.9. The van der Waals surface area contributed by atoms with Crippen LogP contribution in [0.3, 0.4) is 0 Å². The van der Waals surface area contributed by atoms with Gasteiger partial charge in [-0.25, -0.2) is 0 Å². The van der Waals surface area contributed by atoms with E-state index < -0.39 is 8.32 Å². The summed E-state index contributed by atoms with van der Waals surface area (Å²) in [6, 6.07) is 10.1. The molecule has 0 fully saturated rings. The molecular formula is C50H92N4O3SSi. The molecule has 0 aliphatic rings. The minimum Gasteiger partial charge on any atom is -0.469 e. The van der Waals surface area contributed by atoms with Crippen molar-refractivity contribution < 1.29 is 14.0 Å². The Hall–Kier alpha value is -1.71. The molecular weight excluding hydrogens is 765 g/mol. The van der Waals surface area contributed by atoms with Crippen molar-refractivity contribution in [1.29, 1.82) is 0 Å². The quantitative estimate of drug-likeness (QED) is 0.0287. The number of esters is 1. The molecule has 0 spiro atoms. The average molecular weight is 857 g/mol. The number of ether oxygens (including phenoxy) is 1. The normalized spacial score (nSPS) is 13.2. The number of unbranched alkanes of at least 4 members (excludes halogenated alkanes) is 27. The predicted octanol–water partition coefficient (Wildman–Crippen LogP) is 16.0. The van der Waals surface area contributed by atoms with E-state index in [1.54, 1.807) is 18.9 Å². The van der Waals surface area contributed by atoms with Gasteiger partial charge in [0.15, 0.2) is 8.32 Å². The highest BCUT2D eigenvalue weighted by molar-refractivity contribution is 7.99. The zero-order valence-corrected chi connectivity index (χ0v) is 41.4. The third-order valence-corrected chi connectivity index (χ3v) is 18.4. The third-order valence-electron chi connectivity index (χ3n) is 12.9. The number of nitrogens with zero attached hydrogens (tertiary/aromatic N) is 4. The standard InChI is InChI=1S/C50H92N4O3SSi/c1-8-9-10-11-12-13-14-15-16-17-18-19-20-21-22-23-24-25-26-28-31-37-42-46(48(55)56-5)47(57-59(6,7)50(2,3)4)43-38-32-29-27-30-33-39-44-58-49-51-52-53-54(49)45-40-35-34-36-41-45/h34-36,40-41,46-47H,8-33,37-39,42-44H2,1-7H3/t46?,47-/m1/s1. The number of aromatic nitrogens is 4. The summed E-state index contributed by atoms with van der Waals surface area (Å²) in [5.74, 6) is 0.779. The molecule has 0 amide bonds. The molecule has 0 radical (unpaired) electrons. The Morgan fingerprint density at radius 2 is 1.07 bits per heavy atom. The molecule has 340 valence electrons. The zero-order valence-electron chi connectivity index (χ0n) is 39.6. The van der Waals surface area contributed by atoms with Crippen LogP contribution in [0.4, 0.5) is 0 Å². The Morgan fingerprint density at radius 3 is 1.51 bits per heavy atom. The van der Waals surface area contributed by atoms with Gasteiger partial charge in [0.2, 0.25) is 5.16 Å². The lowest BCUT2D eigenvalue weighted by Gasteiger charge is -2.41. The lowest BCUT2D eigenvalue weighted by molar-refractivity contribution is -0.149. The summed E-state index contributed by atoms with van der Waals surface area (Å²) >= 11 is 1.73. The van der Waals surface area contributed by atoms with Crippen LogP contribution in [0, 0.1) is 5.92 Å². The number of para-hydroxylation sites is 1. The van der Waals surface area contributed by atoms with Gasteiger partial charge in [0.05, 0.1) is 24.8 Å². The minimum absolute atomic E-state index is 0.0531. The number of rotatable bonds is 39. The summed E-state index contributed by atoms with van der Waals surface area (Å²) in [7, 11) is -0.492. The number of carbonyl (C=O) groups is 1. The maximum absolute atomic E-state index is 13.3. The number of tetrazole rings is 1. The van der Waals surface area contributed by atoms with Crippen LogP contribution in [0.5, 0.6) is 0 Å². The van der Waals surface area contributed by atoms with Crippen LogP contribution in [-0.4, -0.2) is 53.5 Å². The maximum Gasteiger partial charge on any atom is 0.311 e. The van der Waals surface area contributed by atoms with E-state index in [0.717, 1.165) is 48.7 Å². The van der Waals surface area contributed by atoms with Crippen molar-refractivity contribution in [3.8, 4) is 5.69 Å². The van der Waals surface area contributed by atoms with E-state index in [4.69, 9.17) is 9.16 Å². The van der Waals surface area contributed by atoms with Crippen molar-refractivity contribution in [2.24, 2.45) is 5.92 Å². The van der Waals surface area contributed by atoms with Gasteiger partial charge in [0, 0.05) is 5.75 Å². The lowest BCUT2D eigenvalue weighted by atomic mass is 9.91. The van der Waals surface area contributed by atoms with Crippen LogP contribution < -0.4 is 0 Å². The molecule has 9 heteroatoms. The predicted molar refractivity (Wildman–Crippen MR) is 256 cm³/mol. The highest BCUT2D eigenvalue weighted by Crippen LogP contribution is 2.39. The first-order chi connectivity index (χ1) is 28.6. The maximum atomic E-state index is 13.3. The first kappa shape index (κ1) is 53.4. The minimum atomic E-state index is -2.05. The molecule has 0 saturated heterocycles. The first-order valence-electron chi connectivity index (χ1n) is 24.8.